The monoisotopic (exact) mass is 632 g/mol. The van der Waals surface area contributed by atoms with Crippen LogP contribution in [0.15, 0.2) is 24.5 Å². The molecule has 3 fully saturated rings. The first-order valence-electron chi connectivity index (χ1n) is 17.3. The summed E-state index contributed by atoms with van der Waals surface area (Å²) in [4.78, 5) is 19.3. The molecule has 1 aromatic carbocycles. The quantitative estimate of drug-likeness (QED) is 0.408. The van der Waals surface area contributed by atoms with Gasteiger partial charge in [0.1, 0.15) is 0 Å². The first-order chi connectivity index (χ1) is 22.3. The largest absolute Gasteiger partial charge is 0.338 e. The van der Waals surface area contributed by atoms with E-state index >= 15 is 0 Å². The zero-order chi connectivity index (χ0) is 31.6. The van der Waals surface area contributed by atoms with E-state index in [1.165, 1.54) is 44.5 Å². The lowest BCUT2D eigenvalue weighted by Crippen LogP contribution is -2.59. The van der Waals surface area contributed by atoms with Gasteiger partial charge in [-0.25, -0.2) is 8.78 Å². The third-order valence-electron chi connectivity index (χ3n) is 11.9. The maximum absolute atomic E-state index is 14.6. The van der Waals surface area contributed by atoms with Crippen molar-refractivity contribution < 1.29 is 13.6 Å². The molecule has 0 atom stereocenters. The van der Waals surface area contributed by atoms with E-state index < -0.39 is 6.43 Å². The van der Waals surface area contributed by atoms with E-state index in [1.807, 2.05) is 11.0 Å². The first-order valence-corrected chi connectivity index (χ1v) is 17.3. The number of piperidine rings is 1. The second kappa shape index (κ2) is 11.7. The van der Waals surface area contributed by atoms with Crippen LogP contribution in [-0.2, 0) is 31.2 Å². The van der Waals surface area contributed by atoms with Gasteiger partial charge in [0.05, 0.1) is 18.8 Å². The van der Waals surface area contributed by atoms with Crippen molar-refractivity contribution in [3.8, 4) is 11.1 Å². The molecule has 1 aliphatic carbocycles. The number of rotatable bonds is 5. The van der Waals surface area contributed by atoms with Gasteiger partial charge >= 0.3 is 0 Å². The number of carbonyl (C=O) groups is 1. The van der Waals surface area contributed by atoms with Crippen LogP contribution in [0.3, 0.4) is 0 Å². The van der Waals surface area contributed by atoms with Crippen LogP contribution in [0.4, 0.5) is 20.3 Å². The van der Waals surface area contributed by atoms with Crippen LogP contribution in [0.1, 0.15) is 86.7 Å². The predicted molar refractivity (Wildman–Crippen MR) is 173 cm³/mol. The highest BCUT2D eigenvalue weighted by Crippen LogP contribution is 2.49. The fraction of sp³-hybridized carbons (Fsp3) is 0.629. The van der Waals surface area contributed by atoms with Crippen LogP contribution in [0.25, 0.3) is 11.1 Å². The van der Waals surface area contributed by atoms with Crippen LogP contribution in [0, 0.1) is 5.41 Å². The minimum atomic E-state index is -2.62. The molecule has 46 heavy (non-hydrogen) atoms. The summed E-state index contributed by atoms with van der Waals surface area (Å²) in [5.41, 5.74) is 5.92. The number of hydrogen-bond donors (Lipinski definition) is 1. The van der Waals surface area contributed by atoms with Crippen LogP contribution in [-0.4, -0.2) is 80.6 Å². The van der Waals surface area contributed by atoms with Gasteiger partial charge in [-0.3, -0.25) is 19.1 Å². The Balaban J connectivity index is 1.11. The van der Waals surface area contributed by atoms with E-state index in [1.54, 1.807) is 37.1 Å². The number of benzene rings is 1. The van der Waals surface area contributed by atoms with Crippen molar-refractivity contribution in [1.29, 1.82) is 0 Å². The van der Waals surface area contributed by atoms with Crippen molar-refractivity contribution in [3.63, 3.8) is 0 Å². The highest BCUT2D eigenvalue weighted by molar-refractivity contribution is 5.78. The lowest BCUT2D eigenvalue weighted by atomic mass is 9.66. The molecule has 2 aromatic heterocycles. The molecule has 1 spiro atoms. The zero-order valence-electron chi connectivity index (χ0n) is 27.1. The lowest BCUT2D eigenvalue weighted by Gasteiger charge is -2.49. The normalized spacial score (nSPS) is 22.3. The summed E-state index contributed by atoms with van der Waals surface area (Å²) < 4.78 is 33.1. The molecular weight excluding hydrogens is 586 g/mol. The summed E-state index contributed by atoms with van der Waals surface area (Å²) in [5.74, 6) is 0.909. The number of hydrogen-bond acceptors (Lipinski definition) is 6. The number of anilines is 2. The third kappa shape index (κ3) is 5.23. The average Bonchev–Trinajstić information content (AvgIpc) is 3.64. The number of alkyl halides is 2. The lowest BCUT2D eigenvalue weighted by molar-refractivity contribution is -0.129. The Kier molecular flexibility index (Phi) is 7.67. The number of amides is 1. The SMILES string of the molecule is CC(=O)N1CCc2c(c(N3CCCc4cc(-c5cnn(C)c5)c(C(F)F)cc43)nn2C2CCC3(CC2)CCN(C2CNC2)CC3)C1. The van der Waals surface area contributed by atoms with Crippen molar-refractivity contribution in [3.05, 3.63) is 46.9 Å². The Morgan fingerprint density at radius 1 is 1.02 bits per heavy atom. The third-order valence-corrected chi connectivity index (χ3v) is 11.9. The second-order valence-corrected chi connectivity index (χ2v) is 14.5. The molecule has 4 aliphatic heterocycles. The van der Waals surface area contributed by atoms with E-state index in [4.69, 9.17) is 5.10 Å². The van der Waals surface area contributed by atoms with Gasteiger partial charge in [-0.2, -0.15) is 10.2 Å². The maximum atomic E-state index is 14.6. The number of nitrogens with one attached hydrogen (secondary N) is 1. The first kappa shape index (κ1) is 30.1. The molecule has 0 unspecified atom stereocenters. The fourth-order valence-electron chi connectivity index (χ4n) is 8.93. The molecule has 8 rings (SSSR count). The minimum absolute atomic E-state index is 0.0227. The molecule has 5 aliphatic rings. The molecule has 2 saturated heterocycles. The van der Waals surface area contributed by atoms with Crippen molar-refractivity contribution in [2.45, 2.75) is 89.8 Å². The van der Waals surface area contributed by atoms with Gasteiger partial charge in [0.2, 0.25) is 5.91 Å². The van der Waals surface area contributed by atoms with Gasteiger partial charge in [-0.1, -0.05) is 0 Å². The maximum Gasteiger partial charge on any atom is 0.264 e. The molecule has 246 valence electrons. The second-order valence-electron chi connectivity index (χ2n) is 14.5. The zero-order valence-corrected chi connectivity index (χ0v) is 27.1. The van der Waals surface area contributed by atoms with E-state index in [-0.39, 0.29) is 11.5 Å². The van der Waals surface area contributed by atoms with E-state index in [0.717, 1.165) is 73.9 Å². The van der Waals surface area contributed by atoms with E-state index in [9.17, 15) is 13.6 Å². The Labute approximate surface area is 269 Å². The molecule has 11 heteroatoms. The molecule has 1 saturated carbocycles. The topological polar surface area (TPSA) is 74.5 Å². The molecule has 0 bridgehead atoms. The predicted octanol–water partition coefficient (Wildman–Crippen LogP) is 5.38. The molecule has 1 amide bonds. The average molecular weight is 633 g/mol. The van der Waals surface area contributed by atoms with Crippen molar-refractivity contribution in [2.75, 3.05) is 44.2 Å². The summed E-state index contributed by atoms with van der Waals surface area (Å²) in [5, 5.41) is 13.0. The number of aryl methyl sites for hydroxylation is 2. The van der Waals surface area contributed by atoms with E-state index in [2.05, 4.69) is 24.9 Å². The molecule has 3 aromatic rings. The minimum Gasteiger partial charge on any atom is -0.338 e. The Hall–Kier alpha value is -3.31. The fourth-order valence-corrected chi connectivity index (χ4v) is 8.93. The number of fused-ring (bicyclic) bond motifs is 2. The summed E-state index contributed by atoms with van der Waals surface area (Å²) >= 11 is 0. The summed E-state index contributed by atoms with van der Waals surface area (Å²) in [6, 6.07) is 4.70. The Morgan fingerprint density at radius 3 is 2.46 bits per heavy atom. The molecule has 0 radical (unpaired) electrons. The van der Waals surface area contributed by atoms with Gasteiger partial charge in [0.15, 0.2) is 5.82 Å². The van der Waals surface area contributed by atoms with Crippen molar-refractivity contribution in [2.24, 2.45) is 12.5 Å². The molecule has 6 heterocycles. The number of halogens is 2. The Morgan fingerprint density at radius 2 is 1.80 bits per heavy atom. The summed E-state index contributed by atoms with van der Waals surface area (Å²) in [6.07, 6.45) is 10.7. The number of aromatic nitrogens is 4. The van der Waals surface area contributed by atoms with Crippen LogP contribution < -0.4 is 10.2 Å². The molecule has 1 N–H and O–H groups in total. The van der Waals surface area contributed by atoms with Gasteiger partial charge in [-0.05, 0) is 93.1 Å². The van der Waals surface area contributed by atoms with Gasteiger partial charge in [0, 0.05) is 86.9 Å². The highest BCUT2D eigenvalue weighted by Gasteiger charge is 2.42. The number of likely N-dealkylation sites (tertiary alicyclic amines) is 1. The van der Waals surface area contributed by atoms with Crippen molar-refractivity contribution in [1.82, 2.24) is 34.7 Å². The van der Waals surface area contributed by atoms with Crippen LogP contribution >= 0.6 is 0 Å². The molecule has 9 nitrogen and oxygen atoms in total. The standard InChI is InChI=1S/C35H46F2N8O/c1-23(46)43-13-7-31-30(22-43)34(40-45(31)26-5-8-35(9-6-26)10-14-42(15-11-35)27-19-38-20-27)44-12-3-4-24-16-28(25-18-39-41(2)21-25)29(33(36)37)17-32(24)44/h16-18,21,26-27,33,38H,3-15,19-20,22H2,1-2H3. The van der Waals surface area contributed by atoms with Gasteiger partial charge in [-0.15, -0.1) is 0 Å². The van der Waals surface area contributed by atoms with Crippen molar-refractivity contribution >= 4 is 17.4 Å². The number of carbonyl (C=O) groups excluding carboxylic acids is 1. The van der Waals surface area contributed by atoms with Gasteiger partial charge < -0.3 is 15.1 Å². The number of nitrogens with zero attached hydrogens (tertiary/aromatic N) is 7. The van der Waals surface area contributed by atoms with Crippen LogP contribution in [0.5, 0.6) is 0 Å². The van der Waals surface area contributed by atoms with E-state index in [0.29, 0.717) is 42.2 Å². The Bertz CT molecular complexity index is 1610. The highest BCUT2D eigenvalue weighted by atomic mass is 19.3. The van der Waals surface area contributed by atoms with Gasteiger partial charge in [0.25, 0.3) is 6.43 Å². The summed E-state index contributed by atoms with van der Waals surface area (Å²) in [6.45, 7) is 8.27. The molecular formula is C35H46F2N8O. The summed E-state index contributed by atoms with van der Waals surface area (Å²) in [7, 11) is 1.80. The van der Waals surface area contributed by atoms with Crippen LogP contribution in [0.2, 0.25) is 0 Å². The smallest absolute Gasteiger partial charge is 0.264 e.